The summed E-state index contributed by atoms with van der Waals surface area (Å²) in [5.41, 5.74) is 2.19. The Morgan fingerprint density at radius 2 is 1.64 bits per heavy atom. The number of aryl methyl sites for hydroxylation is 1. The Bertz CT molecular complexity index is 912. The Hall–Kier alpha value is -3.42. The third-order valence-corrected chi connectivity index (χ3v) is 3.98. The second-order valence-corrected chi connectivity index (χ2v) is 6.10. The van der Waals surface area contributed by atoms with E-state index in [4.69, 9.17) is 9.47 Å². The van der Waals surface area contributed by atoms with Crippen LogP contribution in [0.15, 0.2) is 24.3 Å². The molecule has 0 unspecified atom stereocenters. The van der Waals surface area contributed by atoms with Gasteiger partial charge < -0.3 is 19.8 Å². The molecule has 1 amide bonds. The largest absolute Gasteiger partial charge is 0.462 e. The van der Waals surface area contributed by atoms with Gasteiger partial charge in [0.1, 0.15) is 5.69 Å². The fourth-order valence-electron chi connectivity index (χ4n) is 2.69. The lowest BCUT2D eigenvalue weighted by molar-refractivity contribution is -0.114. The van der Waals surface area contributed by atoms with E-state index in [-0.39, 0.29) is 23.8 Å². The number of aromatic nitrogens is 1. The number of hydrogen-bond donors (Lipinski definition) is 2. The zero-order chi connectivity index (χ0) is 20.8. The molecule has 0 atom stereocenters. The number of carbonyl (C=O) groups excluding carboxylic acids is 4. The third kappa shape index (κ3) is 4.85. The third-order valence-electron chi connectivity index (χ3n) is 3.98. The van der Waals surface area contributed by atoms with Crippen molar-refractivity contribution in [3.8, 4) is 0 Å². The number of amides is 1. The van der Waals surface area contributed by atoms with E-state index in [1.165, 1.54) is 19.1 Å². The van der Waals surface area contributed by atoms with Crippen LogP contribution in [0, 0.1) is 13.8 Å². The van der Waals surface area contributed by atoms with E-state index in [9.17, 15) is 19.2 Å². The molecule has 0 spiro atoms. The first-order valence-corrected chi connectivity index (χ1v) is 8.68. The van der Waals surface area contributed by atoms with Crippen LogP contribution >= 0.6 is 0 Å². The Labute approximate surface area is 162 Å². The van der Waals surface area contributed by atoms with E-state index in [0.717, 1.165) is 0 Å². The van der Waals surface area contributed by atoms with Crippen LogP contribution in [0.1, 0.15) is 56.3 Å². The highest BCUT2D eigenvalue weighted by molar-refractivity contribution is 6.01. The predicted octanol–water partition coefficient (Wildman–Crippen LogP) is 2.81. The van der Waals surface area contributed by atoms with E-state index in [1.54, 1.807) is 32.9 Å². The summed E-state index contributed by atoms with van der Waals surface area (Å²) < 4.78 is 10.1. The maximum absolute atomic E-state index is 12.3. The maximum Gasteiger partial charge on any atom is 0.355 e. The summed E-state index contributed by atoms with van der Waals surface area (Å²) in [4.78, 5) is 50.3. The number of hydrogen-bond acceptors (Lipinski definition) is 6. The van der Waals surface area contributed by atoms with E-state index in [2.05, 4.69) is 10.3 Å². The van der Waals surface area contributed by atoms with Gasteiger partial charge in [0.2, 0.25) is 5.91 Å². The number of rotatable bonds is 7. The van der Waals surface area contributed by atoms with Gasteiger partial charge in [-0.3, -0.25) is 9.59 Å². The van der Waals surface area contributed by atoms with E-state index in [1.807, 2.05) is 0 Å². The van der Waals surface area contributed by atoms with Crippen LogP contribution in [0.4, 0.5) is 5.69 Å². The zero-order valence-electron chi connectivity index (χ0n) is 16.2. The summed E-state index contributed by atoms with van der Waals surface area (Å²) in [6.07, 6.45) is 0. The quantitative estimate of drug-likeness (QED) is 0.559. The molecule has 8 heteroatoms. The van der Waals surface area contributed by atoms with Crippen LogP contribution in [0.2, 0.25) is 0 Å². The molecule has 8 nitrogen and oxygen atoms in total. The van der Waals surface area contributed by atoms with Gasteiger partial charge in [0.25, 0.3) is 0 Å². The standard InChI is InChI=1S/C20H22N2O6/c1-5-27-19(25)17-11(2)18(21-12(17)3)20(26)28-10-16(24)14-6-8-15(9-7-14)22-13(4)23/h6-9,21H,5,10H2,1-4H3,(H,22,23). The SMILES string of the molecule is CCOC(=O)c1c(C)[nH]c(C(=O)OCC(=O)c2ccc(NC(C)=O)cc2)c1C. The van der Waals surface area contributed by atoms with E-state index in [0.29, 0.717) is 22.5 Å². The maximum atomic E-state index is 12.3. The molecule has 0 saturated heterocycles. The second-order valence-electron chi connectivity index (χ2n) is 6.10. The average Bonchev–Trinajstić information content (AvgIpc) is 2.94. The number of benzene rings is 1. The molecular weight excluding hydrogens is 364 g/mol. The number of ether oxygens (including phenoxy) is 2. The van der Waals surface area contributed by atoms with Crippen molar-refractivity contribution in [2.24, 2.45) is 0 Å². The van der Waals surface area contributed by atoms with Crippen molar-refractivity contribution in [2.45, 2.75) is 27.7 Å². The molecule has 0 aliphatic heterocycles. The molecule has 28 heavy (non-hydrogen) atoms. The van der Waals surface area contributed by atoms with Gasteiger partial charge in [-0.1, -0.05) is 0 Å². The predicted molar refractivity (Wildman–Crippen MR) is 102 cm³/mol. The van der Waals surface area contributed by atoms with Crippen LogP contribution in [0.25, 0.3) is 0 Å². The molecule has 1 heterocycles. The summed E-state index contributed by atoms with van der Waals surface area (Å²) in [5, 5.41) is 2.60. The number of ketones is 1. The van der Waals surface area contributed by atoms with Crippen LogP contribution in [0.5, 0.6) is 0 Å². The molecule has 0 bridgehead atoms. The Kier molecular flexibility index (Phi) is 6.70. The van der Waals surface area contributed by atoms with Crippen molar-refractivity contribution >= 4 is 29.3 Å². The molecule has 0 saturated carbocycles. The number of aromatic amines is 1. The van der Waals surface area contributed by atoms with Gasteiger partial charge >= 0.3 is 11.9 Å². The van der Waals surface area contributed by atoms with E-state index >= 15 is 0 Å². The van der Waals surface area contributed by atoms with E-state index < -0.39 is 24.3 Å². The molecule has 2 rings (SSSR count). The highest BCUT2D eigenvalue weighted by Gasteiger charge is 2.24. The molecule has 0 aliphatic rings. The summed E-state index contributed by atoms with van der Waals surface area (Å²) >= 11 is 0. The summed E-state index contributed by atoms with van der Waals surface area (Å²) in [5.74, 6) is -1.87. The van der Waals surface area contributed by atoms with Crippen LogP contribution in [0.3, 0.4) is 0 Å². The summed E-state index contributed by atoms with van der Waals surface area (Å²) in [6.45, 7) is 6.10. The minimum absolute atomic E-state index is 0.106. The van der Waals surface area contributed by atoms with Crippen molar-refractivity contribution in [2.75, 3.05) is 18.5 Å². The molecular formula is C20H22N2O6. The van der Waals surface area contributed by atoms with Gasteiger partial charge in [-0.25, -0.2) is 9.59 Å². The molecule has 1 aromatic heterocycles. The van der Waals surface area contributed by atoms with Gasteiger partial charge in [-0.15, -0.1) is 0 Å². The number of esters is 2. The van der Waals surface area contributed by atoms with Crippen LogP contribution < -0.4 is 5.32 Å². The Morgan fingerprint density at radius 1 is 1.00 bits per heavy atom. The highest BCUT2D eigenvalue weighted by atomic mass is 16.5. The minimum Gasteiger partial charge on any atom is -0.462 e. The lowest BCUT2D eigenvalue weighted by Crippen LogP contribution is -2.15. The normalized spacial score (nSPS) is 10.3. The number of carbonyl (C=O) groups is 4. The molecule has 0 radical (unpaired) electrons. The van der Waals surface area contributed by atoms with Crippen LogP contribution in [-0.4, -0.2) is 41.8 Å². The molecule has 2 N–H and O–H groups in total. The molecule has 1 aromatic carbocycles. The summed E-state index contributed by atoms with van der Waals surface area (Å²) in [6, 6.07) is 6.23. The lowest BCUT2D eigenvalue weighted by Gasteiger charge is -2.06. The summed E-state index contributed by atoms with van der Waals surface area (Å²) in [7, 11) is 0. The number of anilines is 1. The average molecular weight is 386 g/mol. The second kappa shape index (κ2) is 8.98. The monoisotopic (exact) mass is 386 g/mol. The smallest absolute Gasteiger partial charge is 0.355 e. The number of H-pyrrole nitrogens is 1. The van der Waals surface area contributed by atoms with Crippen molar-refractivity contribution in [1.29, 1.82) is 0 Å². The van der Waals surface area contributed by atoms with Crippen molar-refractivity contribution in [1.82, 2.24) is 4.98 Å². The molecule has 0 aliphatic carbocycles. The van der Waals surface area contributed by atoms with Crippen molar-refractivity contribution in [3.05, 3.63) is 52.3 Å². The van der Waals surface area contributed by atoms with Gasteiger partial charge in [-0.2, -0.15) is 0 Å². The van der Waals surface area contributed by atoms with Crippen molar-refractivity contribution < 1.29 is 28.7 Å². The van der Waals surface area contributed by atoms with Gasteiger partial charge in [-0.05, 0) is 50.6 Å². The lowest BCUT2D eigenvalue weighted by atomic mass is 10.1. The molecule has 0 fully saturated rings. The minimum atomic E-state index is -0.737. The highest BCUT2D eigenvalue weighted by Crippen LogP contribution is 2.20. The number of Topliss-reactive ketones (excluding diaryl/α,β-unsaturated/α-hetero) is 1. The van der Waals surface area contributed by atoms with Gasteiger partial charge in [0.15, 0.2) is 12.4 Å². The first-order chi connectivity index (χ1) is 13.2. The Morgan fingerprint density at radius 3 is 2.21 bits per heavy atom. The first kappa shape index (κ1) is 20.9. The first-order valence-electron chi connectivity index (χ1n) is 8.68. The molecule has 2 aromatic rings. The zero-order valence-corrected chi connectivity index (χ0v) is 16.2. The number of nitrogens with one attached hydrogen (secondary N) is 2. The van der Waals surface area contributed by atoms with Crippen molar-refractivity contribution in [3.63, 3.8) is 0 Å². The fourth-order valence-corrected chi connectivity index (χ4v) is 2.69. The van der Waals surface area contributed by atoms with Gasteiger partial charge in [0, 0.05) is 23.9 Å². The molecule has 148 valence electrons. The Balaban J connectivity index is 2.04. The topological polar surface area (TPSA) is 115 Å². The van der Waals surface area contributed by atoms with Crippen LogP contribution in [-0.2, 0) is 14.3 Å². The van der Waals surface area contributed by atoms with Gasteiger partial charge in [0.05, 0.1) is 12.2 Å². The fraction of sp³-hybridized carbons (Fsp3) is 0.300.